The van der Waals surface area contributed by atoms with Gasteiger partial charge < -0.3 is 4.98 Å². The van der Waals surface area contributed by atoms with E-state index in [1.165, 1.54) is 0 Å². The molecule has 0 aliphatic rings. The van der Waals surface area contributed by atoms with Gasteiger partial charge in [0.25, 0.3) is 0 Å². The molecule has 4 nitrogen and oxygen atoms in total. The third-order valence-corrected chi connectivity index (χ3v) is 2.28. The first kappa shape index (κ1) is 8.11. The average Bonchev–Trinajstić information content (AvgIpc) is 2.67. The van der Waals surface area contributed by atoms with Crippen LogP contribution in [-0.4, -0.2) is 21.2 Å². The number of para-hydroxylation sites is 2. The van der Waals surface area contributed by atoms with E-state index in [2.05, 4.69) is 15.0 Å². The van der Waals surface area contributed by atoms with Crippen LogP contribution in [0.2, 0.25) is 0 Å². The minimum absolute atomic E-state index is 0.500. The van der Waals surface area contributed by atoms with E-state index in [4.69, 9.17) is 0 Å². The summed E-state index contributed by atoms with van der Waals surface area (Å²) in [6.45, 7) is 0. The van der Waals surface area contributed by atoms with Crippen molar-refractivity contribution in [2.75, 3.05) is 0 Å². The molecule has 2 heterocycles. The smallest absolute Gasteiger partial charge is 0.166 e. The molecule has 1 N–H and O–H groups in total. The molecule has 0 fully saturated rings. The molecule has 72 valence electrons. The van der Waals surface area contributed by atoms with E-state index in [1.807, 2.05) is 24.3 Å². The van der Waals surface area contributed by atoms with Gasteiger partial charge in [0.15, 0.2) is 11.9 Å². The minimum atomic E-state index is 0.500. The van der Waals surface area contributed by atoms with Gasteiger partial charge in [-0.05, 0) is 18.2 Å². The molecule has 3 aromatic rings. The van der Waals surface area contributed by atoms with Gasteiger partial charge in [0.2, 0.25) is 0 Å². The van der Waals surface area contributed by atoms with E-state index in [0.29, 0.717) is 11.3 Å². The fourth-order valence-electron chi connectivity index (χ4n) is 1.59. The maximum absolute atomic E-state index is 10.6. The van der Waals surface area contributed by atoms with Crippen molar-refractivity contribution in [1.82, 2.24) is 15.0 Å². The number of rotatable bonds is 1. The van der Waals surface area contributed by atoms with E-state index in [-0.39, 0.29) is 0 Å². The van der Waals surface area contributed by atoms with Crippen LogP contribution in [0.3, 0.4) is 0 Å². The Balaban J connectivity index is 2.44. The molecule has 15 heavy (non-hydrogen) atoms. The number of nitrogens with zero attached hydrogens (tertiary/aromatic N) is 2. The van der Waals surface area contributed by atoms with E-state index in [1.54, 1.807) is 6.07 Å². The lowest BCUT2D eigenvalue weighted by molar-refractivity contribution is 0.111. The summed E-state index contributed by atoms with van der Waals surface area (Å²) in [6.07, 6.45) is 0.758. The number of carbonyl (C=O) groups excluding carboxylic acids is 1. The van der Waals surface area contributed by atoms with Crippen molar-refractivity contribution in [1.29, 1.82) is 0 Å². The number of aromatic nitrogens is 3. The molecular formula is C11H7N3O. The van der Waals surface area contributed by atoms with Crippen LogP contribution in [0.25, 0.3) is 22.2 Å². The van der Waals surface area contributed by atoms with Crippen molar-refractivity contribution in [3.05, 3.63) is 36.0 Å². The molecule has 0 amide bonds. The lowest BCUT2D eigenvalue weighted by Crippen LogP contribution is -1.84. The van der Waals surface area contributed by atoms with Gasteiger partial charge in [0, 0.05) is 0 Å². The lowest BCUT2D eigenvalue weighted by Gasteiger charge is -1.94. The Morgan fingerprint density at radius 2 is 1.80 bits per heavy atom. The van der Waals surface area contributed by atoms with Crippen LogP contribution < -0.4 is 0 Å². The molecule has 0 atom stereocenters. The SMILES string of the molecule is O=Cc1cc2nc3ccccc3nc2[nH]1. The van der Waals surface area contributed by atoms with Crippen LogP contribution in [0.5, 0.6) is 0 Å². The summed E-state index contributed by atoms with van der Waals surface area (Å²) < 4.78 is 0. The number of carbonyl (C=O) groups is 1. The predicted molar refractivity (Wildman–Crippen MR) is 56.8 cm³/mol. The van der Waals surface area contributed by atoms with Gasteiger partial charge >= 0.3 is 0 Å². The molecule has 0 radical (unpaired) electrons. The summed E-state index contributed by atoms with van der Waals surface area (Å²) in [5.41, 5.74) is 3.53. The van der Waals surface area contributed by atoms with Crippen molar-refractivity contribution in [3.63, 3.8) is 0 Å². The molecule has 0 unspecified atom stereocenters. The highest BCUT2D eigenvalue weighted by molar-refractivity contribution is 5.88. The Labute approximate surface area is 85.0 Å². The fraction of sp³-hybridized carbons (Fsp3) is 0. The van der Waals surface area contributed by atoms with E-state index < -0.39 is 0 Å². The zero-order chi connectivity index (χ0) is 10.3. The third kappa shape index (κ3) is 1.19. The summed E-state index contributed by atoms with van der Waals surface area (Å²) >= 11 is 0. The van der Waals surface area contributed by atoms with Crippen molar-refractivity contribution in [3.8, 4) is 0 Å². The Kier molecular flexibility index (Phi) is 1.56. The number of hydrogen-bond acceptors (Lipinski definition) is 3. The Hall–Kier alpha value is -2.23. The molecule has 0 spiro atoms. The van der Waals surface area contributed by atoms with Crippen LogP contribution in [0, 0.1) is 0 Å². The summed E-state index contributed by atoms with van der Waals surface area (Å²) in [5, 5.41) is 0. The summed E-state index contributed by atoms with van der Waals surface area (Å²) in [6, 6.07) is 9.31. The van der Waals surface area contributed by atoms with Crippen LogP contribution in [0.15, 0.2) is 30.3 Å². The fourth-order valence-corrected chi connectivity index (χ4v) is 1.59. The second-order valence-corrected chi connectivity index (χ2v) is 3.29. The molecular weight excluding hydrogens is 190 g/mol. The van der Waals surface area contributed by atoms with Crippen molar-refractivity contribution < 1.29 is 4.79 Å². The second kappa shape index (κ2) is 2.88. The highest BCUT2D eigenvalue weighted by Crippen LogP contribution is 2.15. The van der Waals surface area contributed by atoms with Gasteiger partial charge in [-0.3, -0.25) is 4.79 Å². The average molecular weight is 197 g/mol. The maximum Gasteiger partial charge on any atom is 0.166 e. The van der Waals surface area contributed by atoms with Crippen molar-refractivity contribution in [2.45, 2.75) is 0 Å². The predicted octanol–water partition coefficient (Wildman–Crippen LogP) is 1.92. The highest BCUT2D eigenvalue weighted by atomic mass is 16.1. The van der Waals surface area contributed by atoms with E-state index >= 15 is 0 Å². The first-order valence-electron chi connectivity index (χ1n) is 4.57. The van der Waals surface area contributed by atoms with Crippen molar-refractivity contribution in [2.24, 2.45) is 0 Å². The Morgan fingerprint density at radius 1 is 1.07 bits per heavy atom. The van der Waals surface area contributed by atoms with Gasteiger partial charge in [0.05, 0.1) is 16.7 Å². The monoisotopic (exact) mass is 197 g/mol. The molecule has 0 aliphatic carbocycles. The van der Waals surface area contributed by atoms with Gasteiger partial charge in [-0.2, -0.15) is 0 Å². The number of fused-ring (bicyclic) bond motifs is 2. The molecule has 0 bridgehead atoms. The summed E-state index contributed by atoms with van der Waals surface area (Å²) in [5.74, 6) is 0. The van der Waals surface area contributed by atoms with Crippen LogP contribution in [0.1, 0.15) is 10.5 Å². The minimum Gasteiger partial charge on any atom is -0.336 e. The summed E-state index contributed by atoms with van der Waals surface area (Å²) in [4.78, 5) is 22.2. The van der Waals surface area contributed by atoms with Crippen LogP contribution >= 0.6 is 0 Å². The van der Waals surface area contributed by atoms with E-state index in [0.717, 1.165) is 22.8 Å². The molecule has 0 saturated heterocycles. The molecule has 4 heteroatoms. The topological polar surface area (TPSA) is 58.6 Å². The molecule has 1 aromatic carbocycles. The van der Waals surface area contributed by atoms with Gasteiger partial charge in [-0.15, -0.1) is 0 Å². The molecule has 0 aliphatic heterocycles. The van der Waals surface area contributed by atoms with E-state index in [9.17, 15) is 4.79 Å². The maximum atomic E-state index is 10.6. The molecule has 0 saturated carbocycles. The lowest BCUT2D eigenvalue weighted by atomic mass is 10.3. The number of H-pyrrole nitrogens is 1. The first-order valence-corrected chi connectivity index (χ1v) is 4.57. The van der Waals surface area contributed by atoms with Gasteiger partial charge in [0.1, 0.15) is 5.52 Å². The Morgan fingerprint density at radius 3 is 2.53 bits per heavy atom. The van der Waals surface area contributed by atoms with Gasteiger partial charge in [-0.25, -0.2) is 9.97 Å². The first-order chi connectivity index (χ1) is 7.36. The zero-order valence-corrected chi connectivity index (χ0v) is 7.77. The largest absolute Gasteiger partial charge is 0.336 e. The zero-order valence-electron chi connectivity index (χ0n) is 7.77. The van der Waals surface area contributed by atoms with Crippen molar-refractivity contribution >= 4 is 28.5 Å². The number of hydrogen-bond donors (Lipinski definition) is 1. The second-order valence-electron chi connectivity index (χ2n) is 3.29. The van der Waals surface area contributed by atoms with Crippen LogP contribution in [-0.2, 0) is 0 Å². The number of aromatic amines is 1. The number of benzene rings is 1. The normalized spacial score (nSPS) is 10.9. The third-order valence-electron chi connectivity index (χ3n) is 2.28. The quantitative estimate of drug-likeness (QED) is 0.606. The Bertz CT molecular complexity index is 605. The van der Waals surface area contributed by atoms with Gasteiger partial charge in [-0.1, -0.05) is 12.1 Å². The molecule has 2 aromatic heterocycles. The van der Waals surface area contributed by atoms with Crippen LogP contribution in [0.4, 0.5) is 0 Å². The number of nitrogens with one attached hydrogen (secondary N) is 1. The standard InChI is InChI=1S/C11H7N3O/c15-6-7-5-10-11(12-7)14-9-4-2-1-3-8(9)13-10/h1-6H,(H,12,14). The highest BCUT2D eigenvalue weighted by Gasteiger charge is 2.04. The summed E-state index contributed by atoms with van der Waals surface area (Å²) in [7, 11) is 0. The molecule has 3 rings (SSSR count). The number of aldehydes is 1.